The molecule has 1 fully saturated rings. The average molecular weight is 586 g/mol. The van der Waals surface area contributed by atoms with Gasteiger partial charge in [-0.05, 0) is 79.9 Å². The Hall–Kier alpha value is -3.94. The summed E-state index contributed by atoms with van der Waals surface area (Å²) in [6.45, 7) is 4.05. The van der Waals surface area contributed by atoms with Gasteiger partial charge in [-0.15, -0.1) is 0 Å². The number of anilines is 2. The van der Waals surface area contributed by atoms with Crippen molar-refractivity contribution >= 4 is 46.6 Å². The number of ether oxygens (including phenoxy) is 1. The molecule has 1 saturated heterocycles. The van der Waals surface area contributed by atoms with E-state index in [-0.39, 0.29) is 27.6 Å². The number of nitriles is 1. The van der Waals surface area contributed by atoms with E-state index in [4.69, 9.17) is 16.3 Å². The van der Waals surface area contributed by atoms with Crippen LogP contribution >= 0.6 is 23.4 Å². The smallest absolute Gasteiger partial charge is 0.416 e. The fourth-order valence-corrected chi connectivity index (χ4v) is 5.58. The molecule has 1 unspecified atom stereocenters. The lowest BCUT2D eigenvalue weighted by molar-refractivity contribution is -0.137. The van der Waals surface area contributed by atoms with E-state index in [1.54, 1.807) is 55.5 Å². The lowest BCUT2D eigenvalue weighted by Gasteiger charge is -2.19. The summed E-state index contributed by atoms with van der Waals surface area (Å²) in [4.78, 5) is 28.2. The Kier molecular flexibility index (Phi) is 8.76. The molecule has 1 atom stereocenters. The van der Waals surface area contributed by atoms with Crippen molar-refractivity contribution in [3.05, 3.63) is 99.0 Å². The van der Waals surface area contributed by atoms with Gasteiger partial charge in [-0.2, -0.15) is 18.4 Å². The number of amides is 2. The second-order valence-corrected chi connectivity index (χ2v) is 10.4. The maximum absolute atomic E-state index is 13.7. The summed E-state index contributed by atoms with van der Waals surface area (Å²) in [5.41, 5.74) is 0.553. The number of hydrogen-bond acceptors (Lipinski definition) is 5. The molecular formula is C29H23ClF3N3O3S. The van der Waals surface area contributed by atoms with E-state index in [0.29, 0.717) is 23.7 Å². The van der Waals surface area contributed by atoms with Crippen LogP contribution in [0.15, 0.2) is 77.3 Å². The van der Waals surface area contributed by atoms with Crippen molar-refractivity contribution in [2.75, 3.05) is 16.8 Å². The SMILES string of the molecule is CCOc1ccc(N2C(=O)C(Cc3cc(C(F)(F)F)ccc3Cl)S/C2=C(/C#N)C(=O)Nc2ccccc2C)cc1. The second kappa shape index (κ2) is 12.1. The molecule has 40 heavy (non-hydrogen) atoms. The first-order valence-electron chi connectivity index (χ1n) is 12.1. The standard InChI is InChI=1S/C29H23ClF3N3O3S/c1-3-39-21-11-9-20(10-12-21)36-27(38)25(15-18-14-19(29(31,32)33)8-13-23(18)30)40-28(36)22(16-34)26(37)35-24-7-5-4-6-17(24)2/h4-14,25H,3,15H2,1-2H3,(H,35,37)/b28-22-. The number of hydrogen-bond donors (Lipinski definition) is 1. The van der Waals surface area contributed by atoms with Crippen molar-refractivity contribution in [3.8, 4) is 11.8 Å². The molecule has 2 amide bonds. The van der Waals surface area contributed by atoms with E-state index in [1.807, 2.05) is 13.0 Å². The Morgan fingerprint density at radius 1 is 1.15 bits per heavy atom. The van der Waals surface area contributed by atoms with Gasteiger partial charge in [-0.1, -0.05) is 41.6 Å². The van der Waals surface area contributed by atoms with Gasteiger partial charge in [0.25, 0.3) is 5.91 Å². The molecule has 0 spiro atoms. The van der Waals surface area contributed by atoms with Crippen LogP contribution in [-0.4, -0.2) is 23.7 Å². The highest BCUT2D eigenvalue weighted by Gasteiger charge is 2.41. The predicted molar refractivity (Wildman–Crippen MR) is 149 cm³/mol. The molecule has 0 aromatic heterocycles. The van der Waals surface area contributed by atoms with E-state index in [2.05, 4.69) is 5.32 Å². The Bertz CT molecular complexity index is 1520. The van der Waals surface area contributed by atoms with Gasteiger partial charge in [0, 0.05) is 16.4 Å². The molecule has 6 nitrogen and oxygen atoms in total. The second-order valence-electron chi connectivity index (χ2n) is 8.78. The third kappa shape index (κ3) is 6.27. The zero-order valence-corrected chi connectivity index (χ0v) is 23.0. The Balaban J connectivity index is 1.75. The summed E-state index contributed by atoms with van der Waals surface area (Å²) >= 11 is 7.14. The van der Waals surface area contributed by atoms with Crippen LogP contribution in [0.2, 0.25) is 5.02 Å². The maximum atomic E-state index is 13.7. The van der Waals surface area contributed by atoms with Crippen LogP contribution in [-0.2, 0) is 22.2 Å². The van der Waals surface area contributed by atoms with E-state index >= 15 is 0 Å². The molecule has 3 aromatic rings. The molecule has 0 radical (unpaired) electrons. The number of rotatable bonds is 7. The number of carbonyl (C=O) groups is 2. The Labute approximate surface area is 238 Å². The molecule has 206 valence electrons. The van der Waals surface area contributed by atoms with Crippen molar-refractivity contribution in [1.82, 2.24) is 0 Å². The average Bonchev–Trinajstić information content (AvgIpc) is 3.22. The minimum atomic E-state index is -4.59. The number of benzene rings is 3. The third-order valence-electron chi connectivity index (χ3n) is 6.08. The van der Waals surface area contributed by atoms with Crippen LogP contribution in [0.25, 0.3) is 0 Å². The van der Waals surface area contributed by atoms with Gasteiger partial charge < -0.3 is 10.1 Å². The molecular weight excluding hydrogens is 563 g/mol. The fourth-order valence-electron chi connectivity index (χ4n) is 4.09. The molecule has 1 heterocycles. The van der Waals surface area contributed by atoms with Crippen molar-refractivity contribution in [3.63, 3.8) is 0 Å². The zero-order chi connectivity index (χ0) is 29.0. The lowest BCUT2D eigenvalue weighted by atomic mass is 10.0. The highest BCUT2D eigenvalue weighted by molar-refractivity contribution is 8.05. The summed E-state index contributed by atoms with van der Waals surface area (Å²) in [7, 11) is 0. The zero-order valence-electron chi connectivity index (χ0n) is 21.4. The van der Waals surface area contributed by atoms with Crippen LogP contribution < -0.4 is 15.0 Å². The molecule has 0 saturated carbocycles. The number of alkyl halides is 3. The van der Waals surface area contributed by atoms with E-state index in [9.17, 15) is 28.0 Å². The van der Waals surface area contributed by atoms with Gasteiger partial charge in [0.2, 0.25) is 5.91 Å². The first-order chi connectivity index (χ1) is 19.0. The quantitative estimate of drug-likeness (QED) is 0.236. The van der Waals surface area contributed by atoms with E-state index in [0.717, 1.165) is 35.5 Å². The molecule has 0 bridgehead atoms. The van der Waals surface area contributed by atoms with Crippen LogP contribution in [0.3, 0.4) is 0 Å². The summed E-state index contributed by atoms with van der Waals surface area (Å²) < 4.78 is 45.5. The Morgan fingerprint density at radius 2 is 1.85 bits per heavy atom. The van der Waals surface area contributed by atoms with Crippen molar-refractivity contribution < 1.29 is 27.5 Å². The Morgan fingerprint density at radius 3 is 2.48 bits per heavy atom. The molecule has 1 aliphatic heterocycles. The summed E-state index contributed by atoms with van der Waals surface area (Å²) in [6.07, 6.45) is -4.74. The number of aryl methyl sites for hydroxylation is 1. The third-order valence-corrected chi connectivity index (χ3v) is 7.71. The fraction of sp³-hybridized carbons (Fsp3) is 0.207. The number of carbonyl (C=O) groups excluding carboxylic acids is 2. The van der Waals surface area contributed by atoms with Gasteiger partial charge in [-0.25, -0.2) is 0 Å². The number of nitrogens with zero attached hydrogens (tertiary/aromatic N) is 2. The summed E-state index contributed by atoms with van der Waals surface area (Å²) in [5, 5.41) is 11.9. The molecule has 11 heteroatoms. The maximum Gasteiger partial charge on any atom is 0.416 e. The van der Waals surface area contributed by atoms with Crippen LogP contribution in [0.1, 0.15) is 23.6 Å². The number of nitrogens with one attached hydrogen (secondary N) is 1. The molecule has 4 rings (SSSR count). The minimum Gasteiger partial charge on any atom is -0.494 e. The highest BCUT2D eigenvalue weighted by atomic mass is 35.5. The summed E-state index contributed by atoms with van der Waals surface area (Å²) in [5.74, 6) is -0.670. The predicted octanol–water partition coefficient (Wildman–Crippen LogP) is 7.13. The van der Waals surface area contributed by atoms with Crippen molar-refractivity contribution in [2.45, 2.75) is 31.7 Å². The van der Waals surface area contributed by atoms with Crippen molar-refractivity contribution in [2.24, 2.45) is 0 Å². The van der Waals surface area contributed by atoms with Crippen LogP contribution in [0.4, 0.5) is 24.5 Å². The van der Waals surface area contributed by atoms with E-state index in [1.165, 1.54) is 4.90 Å². The molecule has 1 aliphatic rings. The number of thioether (sulfide) groups is 1. The normalized spacial score (nSPS) is 16.5. The molecule has 1 N–H and O–H groups in total. The topological polar surface area (TPSA) is 82.4 Å². The first-order valence-corrected chi connectivity index (χ1v) is 13.4. The van der Waals surface area contributed by atoms with Crippen LogP contribution in [0, 0.1) is 18.3 Å². The first kappa shape index (κ1) is 29.1. The van der Waals surface area contributed by atoms with Gasteiger partial charge in [0.15, 0.2) is 0 Å². The molecule has 3 aromatic carbocycles. The largest absolute Gasteiger partial charge is 0.494 e. The van der Waals surface area contributed by atoms with Crippen LogP contribution in [0.5, 0.6) is 5.75 Å². The van der Waals surface area contributed by atoms with Gasteiger partial charge >= 0.3 is 6.18 Å². The monoisotopic (exact) mass is 585 g/mol. The molecule has 0 aliphatic carbocycles. The lowest BCUT2D eigenvalue weighted by Crippen LogP contribution is -2.31. The minimum absolute atomic E-state index is 0.0656. The highest BCUT2D eigenvalue weighted by Crippen LogP contribution is 2.43. The van der Waals surface area contributed by atoms with E-state index < -0.39 is 28.8 Å². The number of para-hydroxylation sites is 1. The van der Waals surface area contributed by atoms with Crippen molar-refractivity contribution in [1.29, 1.82) is 5.26 Å². The van der Waals surface area contributed by atoms with Gasteiger partial charge in [-0.3, -0.25) is 14.5 Å². The van der Waals surface area contributed by atoms with Gasteiger partial charge in [0.05, 0.1) is 17.4 Å². The van der Waals surface area contributed by atoms with Gasteiger partial charge in [0.1, 0.15) is 22.4 Å². The number of halogens is 4. The summed E-state index contributed by atoms with van der Waals surface area (Å²) in [6, 6.07) is 18.4.